The van der Waals surface area contributed by atoms with Crippen molar-refractivity contribution in [2.45, 2.75) is 40.2 Å². The molecule has 0 saturated heterocycles. The molecule has 2 nitrogen and oxygen atoms in total. The Balaban J connectivity index is 2.46. The molecule has 0 bridgehead atoms. The summed E-state index contributed by atoms with van der Waals surface area (Å²) in [5.74, 6) is 2.03. The summed E-state index contributed by atoms with van der Waals surface area (Å²) in [7, 11) is 0. The molecule has 1 N–H and O–H groups in total. The summed E-state index contributed by atoms with van der Waals surface area (Å²) in [6, 6.07) is 2.32. The minimum Gasteiger partial charge on any atom is -0.466 e. The van der Waals surface area contributed by atoms with Gasteiger partial charge in [-0.25, -0.2) is 0 Å². The fourth-order valence-corrected chi connectivity index (χ4v) is 4.05. The first-order valence-electron chi connectivity index (χ1n) is 6.59. The standard InChI is InChI=1S/C15H20BrNOS/c1-5-7-17-14(15-12(16)6-8-19-15)13-9(2)10(3)18-11(13)4/h6,8,14,17H,5,7H2,1-4H3. The van der Waals surface area contributed by atoms with Gasteiger partial charge >= 0.3 is 0 Å². The van der Waals surface area contributed by atoms with Crippen LogP contribution in [-0.2, 0) is 0 Å². The van der Waals surface area contributed by atoms with Gasteiger partial charge < -0.3 is 9.73 Å². The highest BCUT2D eigenvalue weighted by atomic mass is 79.9. The molecule has 1 unspecified atom stereocenters. The maximum Gasteiger partial charge on any atom is 0.106 e. The summed E-state index contributed by atoms with van der Waals surface area (Å²) in [5.41, 5.74) is 2.54. The first-order valence-corrected chi connectivity index (χ1v) is 8.26. The van der Waals surface area contributed by atoms with E-state index in [1.165, 1.54) is 20.5 Å². The molecule has 0 aliphatic heterocycles. The SMILES string of the molecule is CCCNC(c1sccc1Br)c1c(C)oc(C)c1C. The average Bonchev–Trinajstić information content (AvgIpc) is 2.88. The lowest BCUT2D eigenvalue weighted by Gasteiger charge is -2.18. The lowest BCUT2D eigenvalue weighted by atomic mass is 10.0. The molecule has 0 saturated carbocycles. The Bertz CT molecular complexity index is 558. The van der Waals surface area contributed by atoms with Gasteiger partial charge in [-0.2, -0.15) is 0 Å². The van der Waals surface area contributed by atoms with Crippen LogP contribution in [0.5, 0.6) is 0 Å². The van der Waals surface area contributed by atoms with E-state index in [1.54, 1.807) is 11.3 Å². The van der Waals surface area contributed by atoms with Crippen molar-refractivity contribution >= 4 is 27.3 Å². The maximum absolute atomic E-state index is 5.79. The minimum atomic E-state index is 0.215. The zero-order chi connectivity index (χ0) is 14.0. The Kier molecular flexibility index (Phi) is 4.87. The van der Waals surface area contributed by atoms with E-state index in [2.05, 4.69) is 53.5 Å². The van der Waals surface area contributed by atoms with Crippen molar-refractivity contribution in [1.82, 2.24) is 5.32 Å². The third-order valence-electron chi connectivity index (χ3n) is 3.41. The van der Waals surface area contributed by atoms with Crippen LogP contribution in [0.4, 0.5) is 0 Å². The minimum absolute atomic E-state index is 0.215. The second kappa shape index (κ2) is 6.25. The fourth-order valence-electron chi connectivity index (χ4n) is 2.36. The van der Waals surface area contributed by atoms with Gasteiger partial charge in [-0.15, -0.1) is 11.3 Å². The van der Waals surface area contributed by atoms with Gasteiger partial charge in [-0.1, -0.05) is 6.92 Å². The molecule has 0 amide bonds. The summed E-state index contributed by atoms with van der Waals surface area (Å²) < 4.78 is 6.96. The number of halogens is 1. The maximum atomic E-state index is 5.79. The van der Waals surface area contributed by atoms with Crippen LogP contribution in [0.2, 0.25) is 0 Å². The molecule has 0 spiro atoms. The lowest BCUT2D eigenvalue weighted by molar-refractivity contribution is 0.493. The number of thiophene rings is 1. The lowest BCUT2D eigenvalue weighted by Crippen LogP contribution is -2.23. The molecule has 2 aromatic heterocycles. The fraction of sp³-hybridized carbons (Fsp3) is 0.467. The molecule has 2 heterocycles. The highest BCUT2D eigenvalue weighted by molar-refractivity contribution is 9.10. The Hall–Kier alpha value is -0.580. The van der Waals surface area contributed by atoms with Crippen LogP contribution in [0.3, 0.4) is 0 Å². The molecular weight excluding hydrogens is 322 g/mol. The van der Waals surface area contributed by atoms with Gasteiger partial charge in [0.1, 0.15) is 11.5 Å². The van der Waals surface area contributed by atoms with Crippen molar-refractivity contribution in [1.29, 1.82) is 0 Å². The Morgan fingerprint density at radius 2 is 2.05 bits per heavy atom. The van der Waals surface area contributed by atoms with Crippen LogP contribution >= 0.6 is 27.3 Å². The molecule has 2 aromatic rings. The number of aryl methyl sites for hydroxylation is 2. The van der Waals surface area contributed by atoms with Crippen molar-refractivity contribution in [2.24, 2.45) is 0 Å². The van der Waals surface area contributed by atoms with Gasteiger partial charge in [-0.3, -0.25) is 0 Å². The monoisotopic (exact) mass is 341 g/mol. The van der Waals surface area contributed by atoms with Gasteiger partial charge in [-0.05, 0) is 66.7 Å². The molecule has 0 radical (unpaired) electrons. The van der Waals surface area contributed by atoms with Crippen LogP contribution in [0.1, 0.15) is 46.9 Å². The summed E-state index contributed by atoms with van der Waals surface area (Å²) in [6.45, 7) is 9.42. The van der Waals surface area contributed by atoms with Crippen molar-refractivity contribution in [3.05, 3.63) is 43.4 Å². The molecule has 0 aliphatic rings. The van der Waals surface area contributed by atoms with Crippen LogP contribution in [0.15, 0.2) is 20.3 Å². The first kappa shape index (κ1) is 14.8. The second-order valence-electron chi connectivity index (χ2n) is 4.77. The molecule has 19 heavy (non-hydrogen) atoms. The van der Waals surface area contributed by atoms with Crippen molar-refractivity contribution in [3.63, 3.8) is 0 Å². The van der Waals surface area contributed by atoms with E-state index >= 15 is 0 Å². The third kappa shape index (κ3) is 2.96. The van der Waals surface area contributed by atoms with E-state index in [9.17, 15) is 0 Å². The van der Waals surface area contributed by atoms with E-state index in [-0.39, 0.29) is 6.04 Å². The summed E-state index contributed by atoms with van der Waals surface area (Å²) in [4.78, 5) is 1.32. The molecule has 4 heteroatoms. The Morgan fingerprint density at radius 1 is 1.32 bits per heavy atom. The Morgan fingerprint density at radius 3 is 2.53 bits per heavy atom. The van der Waals surface area contributed by atoms with Gasteiger partial charge in [0.25, 0.3) is 0 Å². The van der Waals surface area contributed by atoms with Gasteiger partial charge in [0.2, 0.25) is 0 Å². The van der Waals surface area contributed by atoms with Gasteiger partial charge in [0.15, 0.2) is 0 Å². The Labute approximate surface area is 127 Å². The zero-order valence-corrected chi connectivity index (χ0v) is 14.2. The van der Waals surface area contributed by atoms with E-state index in [0.717, 1.165) is 24.5 Å². The van der Waals surface area contributed by atoms with E-state index in [4.69, 9.17) is 4.42 Å². The van der Waals surface area contributed by atoms with Crippen LogP contribution in [-0.4, -0.2) is 6.54 Å². The first-order chi connectivity index (χ1) is 9.06. The summed E-state index contributed by atoms with van der Waals surface area (Å²) in [5, 5.41) is 5.77. The molecule has 2 rings (SSSR count). The van der Waals surface area contributed by atoms with Crippen LogP contribution < -0.4 is 5.32 Å². The normalized spacial score (nSPS) is 12.9. The predicted octanol–water partition coefficient (Wildman–Crippen LogP) is 5.12. The van der Waals surface area contributed by atoms with Crippen LogP contribution in [0, 0.1) is 20.8 Å². The van der Waals surface area contributed by atoms with E-state index in [1.807, 2.05) is 6.92 Å². The molecule has 0 aromatic carbocycles. The van der Waals surface area contributed by atoms with Crippen molar-refractivity contribution in [3.8, 4) is 0 Å². The molecule has 1 atom stereocenters. The number of hydrogen-bond acceptors (Lipinski definition) is 3. The predicted molar refractivity (Wildman–Crippen MR) is 85.1 cm³/mol. The number of hydrogen-bond donors (Lipinski definition) is 1. The summed E-state index contributed by atoms with van der Waals surface area (Å²) in [6.07, 6.45) is 1.12. The van der Waals surface area contributed by atoms with E-state index < -0.39 is 0 Å². The van der Waals surface area contributed by atoms with Crippen LogP contribution in [0.25, 0.3) is 0 Å². The molecule has 104 valence electrons. The molecule has 0 aliphatic carbocycles. The smallest absolute Gasteiger partial charge is 0.106 e. The molecular formula is C15H20BrNOS. The van der Waals surface area contributed by atoms with E-state index in [0.29, 0.717) is 0 Å². The average molecular weight is 342 g/mol. The van der Waals surface area contributed by atoms with Crippen molar-refractivity contribution < 1.29 is 4.42 Å². The highest BCUT2D eigenvalue weighted by Crippen LogP contribution is 2.37. The number of nitrogens with one attached hydrogen (secondary N) is 1. The topological polar surface area (TPSA) is 25.2 Å². The van der Waals surface area contributed by atoms with Crippen molar-refractivity contribution in [2.75, 3.05) is 6.54 Å². The quantitative estimate of drug-likeness (QED) is 0.816. The number of furan rings is 1. The van der Waals surface area contributed by atoms with Gasteiger partial charge in [0, 0.05) is 14.9 Å². The zero-order valence-electron chi connectivity index (χ0n) is 11.8. The second-order valence-corrected chi connectivity index (χ2v) is 6.58. The largest absolute Gasteiger partial charge is 0.466 e. The van der Waals surface area contributed by atoms with Gasteiger partial charge in [0.05, 0.1) is 6.04 Å². The summed E-state index contributed by atoms with van der Waals surface area (Å²) >= 11 is 5.43. The molecule has 0 fully saturated rings. The number of rotatable bonds is 5. The third-order valence-corrected chi connectivity index (χ3v) is 5.35. The highest BCUT2D eigenvalue weighted by Gasteiger charge is 2.24.